The van der Waals surface area contributed by atoms with E-state index in [4.69, 9.17) is 0 Å². The molecule has 110 valence electrons. The summed E-state index contributed by atoms with van der Waals surface area (Å²) in [5.74, 6) is 1.65. The average molecular weight is 310 g/mol. The topological polar surface area (TPSA) is 41.1 Å². The highest BCUT2D eigenvalue weighted by Crippen LogP contribution is 2.33. The molecular formula is C15H22N2OS2. The number of benzene rings is 1. The van der Waals surface area contributed by atoms with Crippen LogP contribution in [0.5, 0.6) is 0 Å². The predicted octanol–water partition coefficient (Wildman–Crippen LogP) is 4.06. The minimum atomic E-state index is 0.0796. The van der Waals surface area contributed by atoms with E-state index in [2.05, 4.69) is 50.5 Å². The lowest BCUT2D eigenvalue weighted by atomic mass is 10.2. The molecule has 0 saturated heterocycles. The standard InChI is InChI=1S/C15H22N2OS2/c1-10(8-20-15(2,3)4)16-11-5-6-13-12(7-11)17-14(18)9-19-13/h5-7,10,16H,8-9H2,1-4H3,(H,17,18)/t10-/m0/s1. The first-order valence-electron chi connectivity index (χ1n) is 6.81. The molecule has 20 heavy (non-hydrogen) atoms. The number of thioether (sulfide) groups is 2. The van der Waals surface area contributed by atoms with Gasteiger partial charge in [-0.25, -0.2) is 0 Å². The zero-order valence-corrected chi connectivity index (χ0v) is 14.1. The first-order chi connectivity index (χ1) is 9.33. The van der Waals surface area contributed by atoms with Crippen molar-refractivity contribution in [2.75, 3.05) is 22.1 Å². The van der Waals surface area contributed by atoms with Gasteiger partial charge in [-0.1, -0.05) is 20.8 Å². The van der Waals surface area contributed by atoms with Crippen molar-refractivity contribution in [1.29, 1.82) is 0 Å². The number of anilines is 2. The molecule has 2 rings (SSSR count). The Labute approximate surface area is 129 Å². The molecule has 1 atom stereocenters. The Hall–Kier alpha value is -0.810. The molecule has 0 radical (unpaired) electrons. The Bertz CT molecular complexity index is 497. The second kappa shape index (κ2) is 6.31. The van der Waals surface area contributed by atoms with Crippen molar-refractivity contribution in [3.63, 3.8) is 0 Å². The van der Waals surface area contributed by atoms with Gasteiger partial charge in [0.2, 0.25) is 5.91 Å². The van der Waals surface area contributed by atoms with Gasteiger partial charge in [0.1, 0.15) is 0 Å². The van der Waals surface area contributed by atoms with Crippen molar-refractivity contribution in [1.82, 2.24) is 0 Å². The Balaban J connectivity index is 1.96. The maximum Gasteiger partial charge on any atom is 0.234 e. The summed E-state index contributed by atoms with van der Waals surface area (Å²) in [5, 5.41) is 6.42. The smallest absolute Gasteiger partial charge is 0.234 e. The summed E-state index contributed by atoms with van der Waals surface area (Å²) in [6, 6.07) is 6.58. The van der Waals surface area contributed by atoms with Crippen molar-refractivity contribution in [3.8, 4) is 0 Å². The van der Waals surface area contributed by atoms with Gasteiger partial charge < -0.3 is 10.6 Å². The Kier molecular flexibility index (Phi) is 4.91. The number of carbonyl (C=O) groups excluding carboxylic acids is 1. The molecule has 0 bridgehead atoms. The van der Waals surface area contributed by atoms with E-state index in [-0.39, 0.29) is 10.7 Å². The van der Waals surface area contributed by atoms with E-state index < -0.39 is 0 Å². The van der Waals surface area contributed by atoms with Gasteiger partial charge in [-0.15, -0.1) is 11.8 Å². The summed E-state index contributed by atoms with van der Waals surface area (Å²) < 4.78 is 0.288. The van der Waals surface area contributed by atoms with E-state index >= 15 is 0 Å². The van der Waals surface area contributed by atoms with Crippen LogP contribution in [0.2, 0.25) is 0 Å². The fourth-order valence-corrected chi connectivity index (χ4v) is 3.50. The number of hydrogen-bond acceptors (Lipinski definition) is 4. The Morgan fingerprint density at radius 2 is 2.20 bits per heavy atom. The van der Waals surface area contributed by atoms with Crippen LogP contribution in [0.3, 0.4) is 0 Å². The van der Waals surface area contributed by atoms with Crippen LogP contribution < -0.4 is 10.6 Å². The molecule has 0 aliphatic carbocycles. The maximum atomic E-state index is 11.4. The van der Waals surface area contributed by atoms with Gasteiger partial charge in [0, 0.05) is 27.1 Å². The number of carbonyl (C=O) groups is 1. The number of rotatable bonds is 4. The Morgan fingerprint density at radius 3 is 2.90 bits per heavy atom. The third-order valence-corrected chi connectivity index (χ3v) is 5.40. The van der Waals surface area contributed by atoms with Crippen molar-refractivity contribution in [3.05, 3.63) is 18.2 Å². The molecule has 1 aromatic rings. The lowest BCUT2D eigenvalue weighted by Crippen LogP contribution is -2.22. The average Bonchev–Trinajstić information content (AvgIpc) is 2.35. The van der Waals surface area contributed by atoms with Crippen LogP contribution in [0.25, 0.3) is 0 Å². The second-order valence-corrected chi connectivity index (χ2v) is 8.88. The van der Waals surface area contributed by atoms with Crippen molar-refractivity contribution >= 4 is 40.8 Å². The molecule has 0 saturated carbocycles. The third-order valence-electron chi connectivity index (χ3n) is 2.79. The maximum absolute atomic E-state index is 11.4. The summed E-state index contributed by atoms with van der Waals surface area (Å²) in [7, 11) is 0. The molecule has 3 nitrogen and oxygen atoms in total. The largest absolute Gasteiger partial charge is 0.382 e. The first kappa shape index (κ1) is 15.6. The molecule has 0 aromatic heterocycles. The Morgan fingerprint density at radius 1 is 1.45 bits per heavy atom. The lowest BCUT2D eigenvalue weighted by Gasteiger charge is -2.23. The number of fused-ring (bicyclic) bond motifs is 1. The normalized spacial score (nSPS) is 16.3. The predicted molar refractivity (Wildman–Crippen MR) is 91.1 cm³/mol. The minimum Gasteiger partial charge on any atom is -0.382 e. The second-order valence-electron chi connectivity index (χ2n) is 6.02. The molecule has 1 aliphatic rings. The van der Waals surface area contributed by atoms with Crippen LogP contribution in [0.15, 0.2) is 23.1 Å². The van der Waals surface area contributed by atoms with Crippen LogP contribution in [-0.2, 0) is 4.79 Å². The first-order valence-corrected chi connectivity index (χ1v) is 8.78. The van der Waals surface area contributed by atoms with Crippen LogP contribution in [0.1, 0.15) is 27.7 Å². The molecule has 0 spiro atoms. The number of amides is 1. The molecule has 5 heteroatoms. The van der Waals surface area contributed by atoms with Gasteiger partial charge in [-0.3, -0.25) is 4.79 Å². The fourth-order valence-electron chi connectivity index (χ4n) is 1.87. The van der Waals surface area contributed by atoms with Crippen LogP contribution in [-0.4, -0.2) is 28.2 Å². The summed E-state index contributed by atoms with van der Waals surface area (Å²) in [6.07, 6.45) is 0. The van der Waals surface area contributed by atoms with Gasteiger partial charge in [-0.05, 0) is 25.1 Å². The highest BCUT2D eigenvalue weighted by molar-refractivity contribution is 8.00. The minimum absolute atomic E-state index is 0.0796. The molecular weight excluding hydrogens is 288 g/mol. The van der Waals surface area contributed by atoms with Gasteiger partial charge in [0.15, 0.2) is 0 Å². The van der Waals surface area contributed by atoms with E-state index in [9.17, 15) is 4.79 Å². The van der Waals surface area contributed by atoms with Crippen LogP contribution in [0.4, 0.5) is 11.4 Å². The highest BCUT2D eigenvalue weighted by atomic mass is 32.2. The van der Waals surface area contributed by atoms with E-state index in [1.807, 2.05) is 17.8 Å². The van der Waals surface area contributed by atoms with Gasteiger partial charge in [0.25, 0.3) is 0 Å². The summed E-state index contributed by atoms with van der Waals surface area (Å²) >= 11 is 3.55. The van der Waals surface area contributed by atoms with Crippen LogP contribution in [0, 0.1) is 0 Å². The molecule has 1 aromatic carbocycles. The quantitative estimate of drug-likeness (QED) is 0.880. The SMILES string of the molecule is C[C@@H](CSC(C)(C)C)Nc1ccc2c(c1)NC(=O)CS2. The van der Waals surface area contributed by atoms with Crippen molar-refractivity contribution in [2.24, 2.45) is 0 Å². The molecule has 0 fully saturated rings. The van der Waals surface area contributed by atoms with Crippen LogP contribution >= 0.6 is 23.5 Å². The summed E-state index contributed by atoms with van der Waals surface area (Å²) in [5.41, 5.74) is 1.99. The van der Waals surface area contributed by atoms with Gasteiger partial charge in [-0.2, -0.15) is 11.8 Å². The summed E-state index contributed by atoms with van der Waals surface area (Å²) in [4.78, 5) is 12.6. The molecule has 1 heterocycles. The molecule has 0 unspecified atom stereocenters. The van der Waals surface area contributed by atoms with E-state index in [1.165, 1.54) is 0 Å². The number of nitrogens with one attached hydrogen (secondary N) is 2. The van der Waals surface area contributed by atoms with E-state index in [0.717, 1.165) is 22.0 Å². The third kappa shape index (κ3) is 4.63. The monoisotopic (exact) mass is 310 g/mol. The summed E-state index contributed by atoms with van der Waals surface area (Å²) in [6.45, 7) is 8.88. The number of hydrogen-bond donors (Lipinski definition) is 2. The van der Waals surface area contributed by atoms with E-state index in [0.29, 0.717) is 11.8 Å². The molecule has 1 amide bonds. The molecule has 1 aliphatic heterocycles. The van der Waals surface area contributed by atoms with Gasteiger partial charge >= 0.3 is 0 Å². The van der Waals surface area contributed by atoms with Crippen molar-refractivity contribution in [2.45, 2.75) is 43.4 Å². The van der Waals surface area contributed by atoms with Crippen molar-refractivity contribution < 1.29 is 4.79 Å². The molecule has 2 N–H and O–H groups in total. The van der Waals surface area contributed by atoms with Gasteiger partial charge in [0.05, 0.1) is 11.4 Å². The fraction of sp³-hybridized carbons (Fsp3) is 0.533. The zero-order chi connectivity index (χ0) is 14.8. The zero-order valence-electron chi connectivity index (χ0n) is 12.4. The highest BCUT2D eigenvalue weighted by Gasteiger charge is 2.16. The lowest BCUT2D eigenvalue weighted by molar-refractivity contribution is -0.113. The van der Waals surface area contributed by atoms with E-state index in [1.54, 1.807) is 11.8 Å².